The molecule has 22 heavy (non-hydrogen) atoms. The van der Waals surface area contributed by atoms with E-state index in [0.29, 0.717) is 0 Å². The minimum absolute atomic E-state index is 0.0664. The number of ether oxygens (including phenoxy) is 2. The number of carbonyl (C=O) groups is 2. The van der Waals surface area contributed by atoms with E-state index in [1.54, 1.807) is 0 Å². The first-order valence-corrected chi connectivity index (χ1v) is 6.23. The topological polar surface area (TPSA) is 154 Å². The molecule has 1 heterocycles. The van der Waals surface area contributed by atoms with Crippen LogP contribution in [-0.2, 0) is 14.3 Å². The maximum absolute atomic E-state index is 11.9. The van der Waals surface area contributed by atoms with Crippen LogP contribution in [0.5, 0.6) is 5.75 Å². The van der Waals surface area contributed by atoms with Gasteiger partial charge >= 0.3 is 11.9 Å². The van der Waals surface area contributed by atoms with Crippen molar-refractivity contribution >= 4 is 11.9 Å². The van der Waals surface area contributed by atoms with Crippen molar-refractivity contribution in [3.63, 3.8) is 0 Å². The smallest absolute Gasteiger partial charge is 0.340 e. The summed E-state index contributed by atoms with van der Waals surface area (Å²) >= 11 is 0. The third kappa shape index (κ3) is 3.17. The second kappa shape index (κ2) is 6.28. The van der Waals surface area contributed by atoms with Crippen molar-refractivity contribution in [1.82, 2.24) is 0 Å². The van der Waals surface area contributed by atoms with Gasteiger partial charge < -0.3 is 35.0 Å². The van der Waals surface area contributed by atoms with Gasteiger partial charge in [-0.25, -0.2) is 9.59 Å². The van der Waals surface area contributed by atoms with E-state index in [1.165, 1.54) is 18.2 Å². The molecule has 0 spiro atoms. The molecule has 9 nitrogen and oxygen atoms in total. The second-order valence-corrected chi connectivity index (χ2v) is 4.69. The zero-order valence-corrected chi connectivity index (χ0v) is 11.1. The lowest BCUT2D eigenvalue weighted by molar-refractivity contribution is -0.278. The fourth-order valence-electron chi connectivity index (χ4n) is 1.96. The molecule has 0 saturated carbocycles. The Morgan fingerprint density at radius 3 is 2.36 bits per heavy atom. The highest BCUT2D eigenvalue weighted by Crippen LogP contribution is 2.23. The summed E-state index contributed by atoms with van der Waals surface area (Å²) in [5.41, 5.74) is -0.0664. The van der Waals surface area contributed by atoms with Crippen LogP contribution in [0.1, 0.15) is 10.4 Å². The van der Waals surface area contributed by atoms with Gasteiger partial charge in [0.15, 0.2) is 6.10 Å². The summed E-state index contributed by atoms with van der Waals surface area (Å²) in [6, 6.07) is 5.11. The highest BCUT2D eigenvalue weighted by molar-refractivity contribution is 5.89. The fraction of sp³-hybridized carbons (Fsp3) is 0.385. The van der Waals surface area contributed by atoms with Crippen LogP contribution in [0, 0.1) is 0 Å². The van der Waals surface area contributed by atoms with Crippen LogP contribution in [-0.4, -0.2) is 68.2 Å². The minimum Gasteiger partial charge on any atom is -0.508 e. The number of carboxylic acids is 1. The molecule has 0 amide bonds. The lowest BCUT2D eigenvalue weighted by Crippen LogP contribution is -2.60. The van der Waals surface area contributed by atoms with E-state index in [0.717, 1.165) is 6.07 Å². The van der Waals surface area contributed by atoms with Gasteiger partial charge in [-0.15, -0.1) is 0 Å². The monoisotopic (exact) mass is 314 g/mol. The molecular formula is C13H14O9. The highest BCUT2D eigenvalue weighted by atomic mass is 16.7. The average molecular weight is 314 g/mol. The first-order valence-electron chi connectivity index (χ1n) is 6.23. The van der Waals surface area contributed by atoms with Gasteiger partial charge in [0.2, 0.25) is 6.29 Å². The predicted molar refractivity (Wildman–Crippen MR) is 67.8 cm³/mol. The molecule has 1 saturated heterocycles. The van der Waals surface area contributed by atoms with Crippen molar-refractivity contribution < 1.29 is 44.6 Å². The van der Waals surface area contributed by atoms with E-state index in [2.05, 4.69) is 0 Å². The first-order chi connectivity index (χ1) is 10.3. The molecule has 120 valence electrons. The predicted octanol–water partition coefficient (Wildman–Crippen LogP) is -1.56. The molecule has 1 aromatic rings. The van der Waals surface area contributed by atoms with E-state index in [9.17, 15) is 30.0 Å². The molecule has 0 bridgehead atoms. The van der Waals surface area contributed by atoms with Crippen LogP contribution in [0.2, 0.25) is 0 Å². The molecule has 5 unspecified atom stereocenters. The average Bonchev–Trinajstić information content (AvgIpc) is 2.47. The van der Waals surface area contributed by atoms with Crippen LogP contribution in [0.3, 0.4) is 0 Å². The van der Waals surface area contributed by atoms with Gasteiger partial charge in [0.25, 0.3) is 0 Å². The van der Waals surface area contributed by atoms with Gasteiger partial charge in [-0.2, -0.15) is 0 Å². The van der Waals surface area contributed by atoms with Crippen molar-refractivity contribution in [2.45, 2.75) is 30.7 Å². The van der Waals surface area contributed by atoms with Gasteiger partial charge in [-0.1, -0.05) is 6.07 Å². The fourth-order valence-corrected chi connectivity index (χ4v) is 1.96. The Morgan fingerprint density at radius 1 is 1.09 bits per heavy atom. The molecule has 5 N–H and O–H groups in total. The second-order valence-electron chi connectivity index (χ2n) is 4.69. The summed E-state index contributed by atoms with van der Waals surface area (Å²) in [4.78, 5) is 22.8. The number of phenols is 1. The number of phenolic OH excluding ortho intramolecular Hbond substituents is 1. The van der Waals surface area contributed by atoms with Crippen LogP contribution in [0.15, 0.2) is 24.3 Å². The Hall–Kier alpha value is -2.20. The number of aliphatic hydroxyl groups is 3. The van der Waals surface area contributed by atoms with Crippen LogP contribution < -0.4 is 0 Å². The number of hydrogen-bond donors (Lipinski definition) is 5. The number of rotatable bonds is 3. The Labute approximate surface area is 124 Å². The standard InChI is InChI=1S/C13H14O9/c14-6-3-1-2-5(4-6)12(20)22-13-9(17)7(15)8(16)10(21-13)11(18)19/h1-4,7-10,13-17H,(H,18,19). The van der Waals surface area contributed by atoms with E-state index < -0.39 is 42.6 Å². The SMILES string of the molecule is O=C(OC1OC(C(=O)O)C(O)C(O)C1O)c1cccc(O)c1. The molecule has 1 fully saturated rings. The van der Waals surface area contributed by atoms with Gasteiger partial charge in [-0.05, 0) is 18.2 Å². The number of esters is 1. The molecule has 0 aromatic heterocycles. The lowest BCUT2D eigenvalue weighted by Gasteiger charge is -2.37. The number of aliphatic carboxylic acids is 1. The van der Waals surface area contributed by atoms with Gasteiger partial charge in [-0.3, -0.25) is 0 Å². The third-order valence-corrected chi connectivity index (χ3v) is 3.12. The van der Waals surface area contributed by atoms with Gasteiger partial charge in [0.1, 0.15) is 24.1 Å². The van der Waals surface area contributed by atoms with E-state index in [1.807, 2.05) is 0 Å². The highest BCUT2D eigenvalue weighted by Gasteiger charge is 2.48. The number of aliphatic hydroxyl groups excluding tert-OH is 3. The number of benzene rings is 1. The molecule has 1 aliphatic rings. The Bertz CT molecular complexity index is 572. The molecule has 9 heteroatoms. The van der Waals surface area contributed by atoms with Crippen molar-refractivity contribution in [1.29, 1.82) is 0 Å². The summed E-state index contributed by atoms with van der Waals surface area (Å²) in [5, 5.41) is 46.9. The summed E-state index contributed by atoms with van der Waals surface area (Å²) < 4.78 is 9.59. The molecule has 1 aromatic carbocycles. The number of hydrogen-bond acceptors (Lipinski definition) is 8. The van der Waals surface area contributed by atoms with E-state index in [-0.39, 0.29) is 11.3 Å². The van der Waals surface area contributed by atoms with Crippen LogP contribution in [0.25, 0.3) is 0 Å². The van der Waals surface area contributed by atoms with E-state index >= 15 is 0 Å². The van der Waals surface area contributed by atoms with Crippen molar-refractivity contribution in [3.05, 3.63) is 29.8 Å². The Morgan fingerprint density at radius 2 is 1.77 bits per heavy atom. The Balaban J connectivity index is 2.14. The lowest BCUT2D eigenvalue weighted by atomic mass is 9.99. The minimum atomic E-state index is -1.87. The number of aromatic hydroxyl groups is 1. The zero-order valence-electron chi connectivity index (χ0n) is 11.1. The van der Waals surface area contributed by atoms with Crippen LogP contribution >= 0.6 is 0 Å². The molecule has 0 radical (unpaired) electrons. The van der Waals surface area contributed by atoms with Gasteiger partial charge in [0, 0.05) is 0 Å². The first kappa shape index (κ1) is 16.2. The summed E-state index contributed by atoms with van der Waals surface area (Å²) in [6.07, 6.45) is -9.21. The van der Waals surface area contributed by atoms with Crippen LogP contribution in [0.4, 0.5) is 0 Å². The maximum atomic E-state index is 11.9. The molecule has 2 rings (SSSR count). The molecule has 5 atom stereocenters. The number of carbonyl (C=O) groups excluding carboxylic acids is 1. The largest absolute Gasteiger partial charge is 0.508 e. The van der Waals surface area contributed by atoms with Crippen molar-refractivity contribution in [3.8, 4) is 5.75 Å². The quantitative estimate of drug-likeness (QED) is 0.417. The summed E-state index contributed by atoms with van der Waals surface area (Å²) in [7, 11) is 0. The summed E-state index contributed by atoms with van der Waals surface area (Å²) in [6.45, 7) is 0. The van der Waals surface area contributed by atoms with E-state index in [4.69, 9.17) is 14.6 Å². The van der Waals surface area contributed by atoms with Crippen molar-refractivity contribution in [2.75, 3.05) is 0 Å². The molecule has 1 aliphatic heterocycles. The molecule has 0 aliphatic carbocycles. The Kier molecular flexibility index (Phi) is 4.62. The maximum Gasteiger partial charge on any atom is 0.340 e. The van der Waals surface area contributed by atoms with Crippen molar-refractivity contribution in [2.24, 2.45) is 0 Å². The summed E-state index contributed by atoms with van der Waals surface area (Å²) in [5.74, 6) is -2.79. The number of carboxylic acid groups (broad SMARTS) is 1. The van der Waals surface area contributed by atoms with Gasteiger partial charge in [0.05, 0.1) is 5.56 Å². The normalized spacial score (nSPS) is 31.5. The zero-order chi connectivity index (χ0) is 16.4. The third-order valence-electron chi connectivity index (χ3n) is 3.12. The molecular weight excluding hydrogens is 300 g/mol.